The van der Waals surface area contributed by atoms with Gasteiger partial charge in [0.15, 0.2) is 0 Å². The summed E-state index contributed by atoms with van der Waals surface area (Å²) in [4.78, 5) is 31.9. The lowest BCUT2D eigenvalue weighted by molar-refractivity contribution is 0.0378. The third-order valence-electron chi connectivity index (χ3n) is 6.23. The fourth-order valence-electron chi connectivity index (χ4n) is 4.47. The summed E-state index contributed by atoms with van der Waals surface area (Å²) in [5.41, 5.74) is 3.22. The molecule has 0 unspecified atom stereocenters. The van der Waals surface area contributed by atoms with Crippen molar-refractivity contribution in [3.8, 4) is 11.3 Å². The van der Waals surface area contributed by atoms with Crippen molar-refractivity contribution in [3.63, 3.8) is 0 Å². The van der Waals surface area contributed by atoms with Gasteiger partial charge in [0.25, 0.3) is 5.91 Å². The van der Waals surface area contributed by atoms with E-state index in [2.05, 4.69) is 10.3 Å². The summed E-state index contributed by atoms with van der Waals surface area (Å²) in [5.74, 6) is 0.282. The van der Waals surface area contributed by atoms with E-state index in [0.717, 1.165) is 31.2 Å². The zero-order valence-electron chi connectivity index (χ0n) is 21.4. The third-order valence-corrected chi connectivity index (χ3v) is 7.91. The molecule has 0 fully saturated rings. The number of benzene rings is 2. The zero-order valence-corrected chi connectivity index (χ0v) is 23.8. The van der Waals surface area contributed by atoms with Crippen LogP contribution >= 0.6 is 34.5 Å². The molecule has 0 spiro atoms. The first kappa shape index (κ1) is 27.2. The molecule has 1 N–H and O–H groups in total. The normalized spacial score (nSPS) is 13.1. The second-order valence-corrected chi connectivity index (χ2v) is 11.4. The fourth-order valence-corrected chi connectivity index (χ4v) is 6.00. The average Bonchev–Trinajstić information content (AvgIpc) is 3.53. The van der Waals surface area contributed by atoms with Crippen molar-refractivity contribution in [1.29, 1.82) is 0 Å². The molecule has 0 aliphatic heterocycles. The standard InChI is InChI=1S/C30H26Cl2N2O4S/c1-17(2)37-30(36)22-13-9-19(32)15-24(22)25-14-12-21(38-25)16-33-29-27(23-5-3-4-6-26(23)39-29)28(35)34-20-10-7-18(31)8-11-20/h7-17H,3-6H2,1-2H3,(H,34,35). The van der Waals surface area contributed by atoms with Gasteiger partial charge in [0.1, 0.15) is 16.5 Å². The van der Waals surface area contributed by atoms with E-state index in [4.69, 9.17) is 32.4 Å². The highest BCUT2D eigenvalue weighted by Gasteiger charge is 2.25. The molecule has 2 aromatic carbocycles. The number of furan rings is 1. The van der Waals surface area contributed by atoms with Crippen LogP contribution < -0.4 is 5.32 Å². The summed E-state index contributed by atoms with van der Waals surface area (Å²) in [6, 6.07) is 15.5. The number of fused-ring (bicyclic) bond motifs is 1. The average molecular weight is 582 g/mol. The first-order valence-corrected chi connectivity index (χ1v) is 14.2. The number of nitrogens with one attached hydrogen (secondary N) is 1. The largest absolute Gasteiger partial charge is 0.459 e. The predicted octanol–water partition coefficient (Wildman–Crippen LogP) is 8.76. The Bertz CT molecular complexity index is 1550. The molecule has 0 bridgehead atoms. The van der Waals surface area contributed by atoms with Gasteiger partial charge in [0, 0.05) is 26.2 Å². The molecule has 2 aromatic heterocycles. The van der Waals surface area contributed by atoms with E-state index in [9.17, 15) is 9.59 Å². The topological polar surface area (TPSA) is 80.9 Å². The van der Waals surface area contributed by atoms with Gasteiger partial charge >= 0.3 is 5.97 Å². The Morgan fingerprint density at radius 1 is 1.03 bits per heavy atom. The molecule has 0 saturated heterocycles. The number of anilines is 1. The van der Waals surface area contributed by atoms with Crippen LogP contribution in [0.25, 0.3) is 11.3 Å². The maximum atomic E-state index is 13.4. The Morgan fingerprint density at radius 2 is 1.77 bits per heavy atom. The molecule has 1 aliphatic rings. The summed E-state index contributed by atoms with van der Waals surface area (Å²) in [6.45, 7) is 3.59. The smallest absolute Gasteiger partial charge is 0.339 e. The highest BCUT2D eigenvalue weighted by atomic mass is 35.5. The van der Waals surface area contributed by atoms with Gasteiger partial charge in [-0.05, 0) is 99.7 Å². The molecule has 0 saturated carbocycles. The van der Waals surface area contributed by atoms with Gasteiger partial charge in [-0.25, -0.2) is 9.79 Å². The third kappa shape index (κ3) is 6.27. The molecule has 2 heterocycles. The molecule has 6 nitrogen and oxygen atoms in total. The Morgan fingerprint density at radius 3 is 2.54 bits per heavy atom. The molecule has 4 aromatic rings. The molecule has 5 rings (SSSR count). The highest BCUT2D eigenvalue weighted by molar-refractivity contribution is 7.16. The number of esters is 1. The second kappa shape index (κ2) is 11.8. The number of rotatable bonds is 7. The minimum atomic E-state index is -0.455. The van der Waals surface area contributed by atoms with E-state index in [-0.39, 0.29) is 12.0 Å². The van der Waals surface area contributed by atoms with Crippen LogP contribution in [-0.2, 0) is 17.6 Å². The van der Waals surface area contributed by atoms with Crippen LogP contribution in [0.5, 0.6) is 0 Å². The number of halogens is 2. The molecule has 0 atom stereocenters. The van der Waals surface area contributed by atoms with Crippen molar-refractivity contribution < 1.29 is 18.7 Å². The number of carbonyl (C=O) groups excluding carboxylic acids is 2. The lowest BCUT2D eigenvalue weighted by atomic mass is 9.95. The molecule has 39 heavy (non-hydrogen) atoms. The monoisotopic (exact) mass is 580 g/mol. The lowest BCUT2D eigenvalue weighted by Gasteiger charge is -2.12. The van der Waals surface area contributed by atoms with E-state index in [1.54, 1.807) is 74.7 Å². The zero-order chi connectivity index (χ0) is 27.5. The van der Waals surface area contributed by atoms with E-state index in [0.29, 0.717) is 48.9 Å². The Balaban J connectivity index is 1.44. The van der Waals surface area contributed by atoms with Gasteiger partial charge in [0.2, 0.25) is 0 Å². The van der Waals surface area contributed by atoms with Crippen LogP contribution in [0.4, 0.5) is 10.7 Å². The summed E-state index contributed by atoms with van der Waals surface area (Å²) in [5, 5.41) is 4.68. The number of carbonyl (C=O) groups is 2. The van der Waals surface area contributed by atoms with Crippen molar-refractivity contribution in [2.24, 2.45) is 4.99 Å². The molecule has 0 radical (unpaired) electrons. The summed E-state index contributed by atoms with van der Waals surface area (Å²) in [6.07, 6.45) is 5.25. The van der Waals surface area contributed by atoms with Crippen LogP contribution in [0.2, 0.25) is 10.0 Å². The van der Waals surface area contributed by atoms with Gasteiger partial charge in [-0.15, -0.1) is 11.3 Å². The van der Waals surface area contributed by atoms with Crippen molar-refractivity contribution in [1.82, 2.24) is 0 Å². The number of ether oxygens (including phenoxy) is 1. The van der Waals surface area contributed by atoms with Gasteiger partial charge in [-0.1, -0.05) is 23.2 Å². The number of hydrogen-bond acceptors (Lipinski definition) is 6. The first-order chi connectivity index (χ1) is 18.8. The van der Waals surface area contributed by atoms with Crippen LogP contribution in [0.15, 0.2) is 64.0 Å². The predicted molar refractivity (Wildman–Crippen MR) is 157 cm³/mol. The van der Waals surface area contributed by atoms with Crippen LogP contribution in [0, 0.1) is 0 Å². The molecular formula is C30H26Cl2N2O4S. The van der Waals surface area contributed by atoms with E-state index < -0.39 is 5.97 Å². The summed E-state index contributed by atoms with van der Waals surface area (Å²) in [7, 11) is 0. The Labute approximate surface area is 240 Å². The van der Waals surface area contributed by atoms with Gasteiger partial charge in [-0.2, -0.15) is 0 Å². The SMILES string of the molecule is CC(C)OC(=O)c1ccc(Cl)cc1-c1ccc(C=Nc2sc3c(c2C(=O)Nc2ccc(Cl)cc2)CCCC3)o1. The van der Waals surface area contributed by atoms with E-state index >= 15 is 0 Å². The Hall–Kier alpha value is -3.39. The van der Waals surface area contributed by atoms with Crippen LogP contribution in [0.1, 0.15) is 63.6 Å². The summed E-state index contributed by atoms with van der Waals surface area (Å²) < 4.78 is 11.4. The molecule has 1 amide bonds. The molecule has 200 valence electrons. The van der Waals surface area contributed by atoms with Crippen molar-refractivity contribution >= 4 is 63.3 Å². The molecular weight excluding hydrogens is 555 g/mol. The maximum Gasteiger partial charge on any atom is 0.339 e. The first-order valence-electron chi connectivity index (χ1n) is 12.6. The fraction of sp³-hybridized carbons (Fsp3) is 0.233. The number of amides is 1. The van der Waals surface area contributed by atoms with Crippen molar-refractivity contribution in [2.45, 2.75) is 45.6 Å². The highest BCUT2D eigenvalue weighted by Crippen LogP contribution is 2.40. The lowest BCUT2D eigenvalue weighted by Crippen LogP contribution is -2.14. The number of hydrogen-bond donors (Lipinski definition) is 1. The van der Waals surface area contributed by atoms with Crippen molar-refractivity contribution in [2.75, 3.05) is 5.32 Å². The van der Waals surface area contributed by atoms with Gasteiger partial charge in [0.05, 0.1) is 23.4 Å². The second-order valence-electron chi connectivity index (χ2n) is 9.46. The van der Waals surface area contributed by atoms with Crippen molar-refractivity contribution in [3.05, 3.63) is 92.0 Å². The number of thiophene rings is 1. The van der Waals surface area contributed by atoms with E-state index in [1.807, 2.05) is 0 Å². The number of aliphatic imine (C=N–C) groups is 1. The minimum Gasteiger partial charge on any atom is -0.459 e. The van der Waals surface area contributed by atoms with E-state index in [1.165, 1.54) is 16.2 Å². The van der Waals surface area contributed by atoms with Crippen LogP contribution in [0.3, 0.4) is 0 Å². The minimum absolute atomic E-state index is 0.198. The maximum absolute atomic E-state index is 13.4. The summed E-state index contributed by atoms with van der Waals surface area (Å²) >= 11 is 13.8. The molecule has 1 aliphatic carbocycles. The quantitative estimate of drug-likeness (QED) is 0.175. The molecule has 9 heteroatoms. The number of aryl methyl sites for hydroxylation is 1. The Kier molecular flexibility index (Phi) is 8.21. The van der Waals surface area contributed by atoms with Gasteiger partial charge in [-0.3, -0.25) is 4.79 Å². The van der Waals surface area contributed by atoms with Crippen LogP contribution in [-0.4, -0.2) is 24.2 Å². The van der Waals surface area contributed by atoms with Gasteiger partial charge < -0.3 is 14.5 Å². The number of nitrogens with zero attached hydrogens (tertiary/aromatic N) is 1.